The molecule has 0 heterocycles. The molecule has 1 aliphatic rings. The van der Waals surface area contributed by atoms with Crippen LogP contribution in [0.15, 0.2) is 0 Å². The van der Waals surface area contributed by atoms with Crippen LogP contribution in [0.5, 0.6) is 0 Å². The van der Waals surface area contributed by atoms with Crippen molar-refractivity contribution >= 4 is 0 Å². The van der Waals surface area contributed by atoms with Gasteiger partial charge in [0.25, 0.3) is 0 Å². The number of hydrogen-bond donors (Lipinski definition) is 0. The lowest BCUT2D eigenvalue weighted by molar-refractivity contribution is -0.327. The Balaban J connectivity index is -0.0000000639. The van der Waals surface area contributed by atoms with E-state index in [9.17, 15) is 26.3 Å². The summed E-state index contributed by atoms with van der Waals surface area (Å²) in [6.45, 7) is 13.7. The largest absolute Gasteiger partial charge is 0.402 e. The maximum absolute atomic E-state index is 11.6. The molecule has 0 atom stereocenters. The van der Waals surface area contributed by atoms with Crippen molar-refractivity contribution in [1.82, 2.24) is 0 Å². The molecule has 1 saturated carbocycles. The van der Waals surface area contributed by atoms with E-state index < -0.39 is 17.8 Å². The number of alkyl halides is 6. The van der Waals surface area contributed by atoms with E-state index in [4.69, 9.17) is 0 Å². The Labute approximate surface area is 172 Å². The molecule has 0 amide bonds. The Kier molecular flexibility index (Phi) is 21.7. The Bertz CT molecular complexity index is 314. The van der Waals surface area contributed by atoms with Crippen molar-refractivity contribution in [3.05, 3.63) is 0 Å². The van der Waals surface area contributed by atoms with Crippen LogP contribution in [0.4, 0.5) is 26.3 Å². The average Bonchev–Trinajstić information content (AvgIpc) is 2.23. The lowest BCUT2D eigenvalue weighted by Crippen LogP contribution is -2.44. The standard InChI is InChI=1S/C8H16.C5H6F6.C5H12.4CH4/c1-8(2)6-4-3-5-7-8;1-3(2,4(6,7)8)5(9,10)11;1-5(2,3)4;;;;/h3-7H2,1-2H3;1-2H3;1-4H3;4*1H4. The highest BCUT2D eigenvalue weighted by Gasteiger charge is 2.64. The van der Waals surface area contributed by atoms with Gasteiger partial charge in [0.2, 0.25) is 0 Å². The fraction of sp³-hybridized carbons (Fsp3) is 1.00. The Morgan fingerprint density at radius 1 is 0.536 bits per heavy atom. The molecule has 0 unspecified atom stereocenters. The van der Waals surface area contributed by atoms with Gasteiger partial charge in [0.05, 0.1) is 0 Å². The van der Waals surface area contributed by atoms with E-state index >= 15 is 0 Å². The second-order valence-corrected chi connectivity index (χ2v) is 9.35. The monoisotopic (exact) mass is 428 g/mol. The topological polar surface area (TPSA) is 0 Å². The van der Waals surface area contributed by atoms with Crippen LogP contribution >= 0.6 is 0 Å². The summed E-state index contributed by atoms with van der Waals surface area (Å²) in [4.78, 5) is 0. The van der Waals surface area contributed by atoms with Crippen molar-refractivity contribution in [2.75, 3.05) is 0 Å². The number of halogens is 6. The van der Waals surface area contributed by atoms with Crippen LogP contribution in [-0.2, 0) is 0 Å². The molecule has 1 aliphatic carbocycles. The summed E-state index contributed by atoms with van der Waals surface area (Å²) >= 11 is 0. The SMILES string of the molecule is C.C.C.C.CC(C)(C(F)(F)F)C(F)(F)F.CC(C)(C)C.CC1(C)CCCCC1. The molecule has 0 aromatic carbocycles. The number of rotatable bonds is 0. The molecule has 0 radical (unpaired) electrons. The van der Waals surface area contributed by atoms with Crippen LogP contribution in [-0.4, -0.2) is 12.4 Å². The molecule has 0 nitrogen and oxygen atoms in total. The van der Waals surface area contributed by atoms with Gasteiger partial charge in [-0.05, 0) is 37.5 Å². The maximum atomic E-state index is 11.6. The minimum atomic E-state index is -5.24. The summed E-state index contributed by atoms with van der Waals surface area (Å²) in [5.74, 6) is 0. The van der Waals surface area contributed by atoms with Crippen molar-refractivity contribution in [3.63, 3.8) is 0 Å². The Morgan fingerprint density at radius 3 is 0.821 bits per heavy atom. The van der Waals surface area contributed by atoms with Crippen molar-refractivity contribution < 1.29 is 26.3 Å². The van der Waals surface area contributed by atoms with E-state index in [2.05, 4.69) is 41.5 Å². The molecule has 0 aliphatic heterocycles. The van der Waals surface area contributed by atoms with Gasteiger partial charge in [0.15, 0.2) is 5.41 Å². The van der Waals surface area contributed by atoms with Crippen LogP contribution in [0.1, 0.15) is 117 Å². The van der Waals surface area contributed by atoms with Crippen molar-refractivity contribution in [2.45, 2.75) is 130 Å². The van der Waals surface area contributed by atoms with Gasteiger partial charge in [-0.25, -0.2) is 0 Å². The quantitative estimate of drug-likeness (QED) is 0.336. The molecule has 180 valence electrons. The normalized spacial score (nSPS) is 16.1. The predicted octanol–water partition coefficient (Wildman–Crippen LogP) is 10.7. The molecule has 0 saturated heterocycles. The third kappa shape index (κ3) is 20.3. The summed E-state index contributed by atoms with van der Waals surface area (Å²) in [6, 6.07) is 0. The van der Waals surface area contributed by atoms with Crippen LogP contribution in [0.25, 0.3) is 0 Å². The summed E-state index contributed by atoms with van der Waals surface area (Å²) in [5, 5.41) is 0. The van der Waals surface area contributed by atoms with Crippen molar-refractivity contribution in [3.8, 4) is 0 Å². The van der Waals surface area contributed by atoms with Gasteiger partial charge in [0, 0.05) is 0 Å². The first kappa shape index (κ1) is 41.8. The zero-order chi connectivity index (χ0) is 20.0. The lowest BCUT2D eigenvalue weighted by Gasteiger charge is -2.29. The van der Waals surface area contributed by atoms with Crippen LogP contribution in [0.2, 0.25) is 0 Å². The highest BCUT2D eigenvalue weighted by Crippen LogP contribution is 2.49. The zero-order valence-corrected chi connectivity index (χ0v) is 16.3. The predicted molar refractivity (Wildman–Crippen MR) is 115 cm³/mol. The molecule has 0 aromatic heterocycles. The minimum Gasteiger partial charge on any atom is -0.170 e. The first-order valence-corrected chi connectivity index (χ1v) is 8.34. The first-order chi connectivity index (χ1) is 10.2. The van der Waals surface area contributed by atoms with Gasteiger partial charge >= 0.3 is 12.4 Å². The minimum absolute atomic E-state index is 0. The molecular weight excluding hydrogens is 378 g/mol. The van der Waals surface area contributed by atoms with Crippen LogP contribution in [0.3, 0.4) is 0 Å². The molecular formula is C22H50F6. The Hall–Kier alpha value is -0.420. The molecule has 0 aromatic rings. The second-order valence-electron chi connectivity index (χ2n) is 9.35. The molecule has 1 fully saturated rings. The third-order valence-electron chi connectivity index (χ3n) is 3.62. The van der Waals surface area contributed by atoms with Gasteiger partial charge in [-0.2, -0.15) is 26.3 Å². The van der Waals surface area contributed by atoms with Crippen LogP contribution < -0.4 is 0 Å². The summed E-state index contributed by atoms with van der Waals surface area (Å²) in [6.07, 6.45) is -3.18. The third-order valence-corrected chi connectivity index (χ3v) is 3.62. The molecule has 28 heavy (non-hydrogen) atoms. The highest BCUT2D eigenvalue weighted by atomic mass is 19.4. The fourth-order valence-electron chi connectivity index (χ4n) is 1.67. The average molecular weight is 429 g/mol. The van der Waals surface area contributed by atoms with E-state index in [1.807, 2.05) is 0 Å². The van der Waals surface area contributed by atoms with Crippen molar-refractivity contribution in [1.29, 1.82) is 0 Å². The molecule has 1 rings (SSSR count). The van der Waals surface area contributed by atoms with Gasteiger partial charge in [-0.15, -0.1) is 0 Å². The van der Waals surface area contributed by atoms with Crippen molar-refractivity contribution in [2.24, 2.45) is 16.2 Å². The first-order valence-electron chi connectivity index (χ1n) is 8.34. The Morgan fingerprint density at radius 2 is 0.750 bits per heavy atom. The maximum Gasteiger partial charge on any atom is 0.402 e. The van der Waals surface area contributed by atoms with Gasteiger partial charge in [-0.1, -0.05) is 90.5 Å². The number of hydrogen-bond acceptors (Lipinski definition) is 0. The summed E-state index contributed by atoms with van der Waals surface area (Å²) < 4.78 is 69.7. The van der Waals surface area contributed by atoms with E-state index in [0.29, 0.717) is 10.8 Å². The second kappa shape index (κ2) is 14.5. The molecule has 0 spiro atoms. The van der Waals surface area contributed by atoms with E-state index in [-0.39, 0.29) is 43.6 Å². The molecule has 0 N–H and O–H groups in total. The van der Waals surface area contributed by atoms with Gasteiger partial charge < -0.3 is 0 Å². The highest BCUT2D eigenvalue weighted by molar-refractivity contribution is 4.84. The van der Waals surface area contributed by atoms with Crippen LogP contribution in [0, 0.1) is 16.2 Å². The fourth-order valence-corrected chi connectivity index (χ4v) is 1.67. The summed E-state index contributed by atoms with van der Waals surface area (Å²) in [5.41, 5.74) is -2.45. The smallest absolute Gasteiger partial charge is 0.170 e. The van der Waals surface area contributed by atoms with E-state index in [0.717, 1.165) is 0 Å². The summed E-state index contributed by atoms with van der Waals surface area (Å²) in [7, 11) is 0. The van der Waals surface area contributed by atoms with Gasteiger partial charge in [0.1, 0.15) is 0 Å². The van der Waals surface area contributed by atoms with Gasteiger partial charge in [-0.3, -0.25) is 0 Å². The molecule has 6 heteroatoms. The molecule has 0 bridgehead atoms. The van der Waals surface area contributed by atoms with E-state index in [1.165, 1.54) is 32.1 Å². The zero-order valence-electron chi connectivity index (χ0n) is 16.3. The van der Waals surface area contributed by atoms with E-state index in [1.54, 1.807) is 0 Å². The lowest BCUT2D eigenvalue weighted by atomic mass is 9.78.